The number of carbonyl (C=O) groups excluding carboxylic acids is 2. The number of amides is 1. The summed E-state index contributed by atoms with van der Waals surface area (Å²) >= 11 is 0. The average molecular weight is 320 g/mol. The Morgan fingerprint density at radius 2 is 2.00 bits per heavy atom. The lowest BCUT2D eigenvalue weighted by Gasteiger charge is -2.28. The van der Waals surface area contributed by atoms with Crippen molar-refractivity contribution < 1.29 is 14.3 Å². The summed E-state index contributed by atoms with van der Waals surface area (Å²) in [6.07, 6.45) is 4.00. The van der Waals surface area contributed by atoms with Crippen molar-refractivity contribution >= 4 is 11.9 Å². The third kappa shape index (κ3) is 3.43. The fourth-order valence-corrected chi connectivity index (χ4v) is 3.47. The topological polar surface area (TPSA) is 62.4 Å². The van der Waals surface area contributed by atoms with Gasteiger partial charge >= 0.3 is 5.97 Å². The van der Waals surface area contributed by atoms with Gasteiger partial charge in [0, 0.05) is 18.3 Å². The van der Waals surface area contributed by atoms with Gasteiger partial charge in [0.15, 0.2) is 0 Å². The van der Waals surface area contributed by atoms with E-state index in [1.807, 2.05) is 18.7 Å². The van der Waals surface area contributed by atoms with Gasteiger partial charge in [-0.15, -0.1) is 0 Å². The van der Waals surface area contributed by atoms with Crippen LogP contribution in [0.3, 0.4) is 0 Å². The van der Waals surface area contributed by atoms with Crippen LogP contribution < -0.4 is 0 Å². The first-order valence-electron chi connectivity index (χ1n) is 8.51. The molecule has 23 heavy (non-hydrogen) atoms. The van der Waals surface area contributed by atoms with Crippen molar-refractivity contribution in [2.24, 2.45) is 5.92 Å². The normalized spacial score (nSPS) is 21.9. The van der Waals surface area contributed by atoms with Crippen molar-refractivity contribution in [3.63, 3.8) is 0 Å². The van der Waals surface area contributed by atoms with E-state index in [9.17, 15) is 9.59 Å². The van der Waals surface area contributed by atoms with Crippen LogP contribution in [-0.4, -0.2) is 41.5 Å². The van der Waals surface area contributed by atoms with E-state index in [1.54, 1.807) is 0 Å². The molecule has 1 saturated heterocycles. The summed E-state index contributed by atoms with van der Waals surface area (Å²) in [6.45, 7) is 8.85. The summed E-state index contributed by atoms with van der Waals surface area (Å²) < 4.78 is 4.87. The van der Waals surface area contributed by atoms with Crippen LogP contribution in [0.4, 0.5) is 0 Å². The lowest BCUT2D eigenvalue weighted by Crippen LogP contribution is -2.40. The number of rotatable bonds is 3. The number of carbonyl (C=O) groups is 2. The number of methoxy groups -OCH3 is 1. The lowest BCUT2D eigenvalue weighted by molar-refractivity contribution is 0.0599. The number of H-pyrrole nitrogens is 1. The molecule has 5 heteroatoms. The van der Waals surface area contributed by atoms with Gasteiger partial charge in [-0.05, 0) is 44.6 Å². The largest absolute Gasteiger partial charge is 0.465 e. The molecule has 0 saturated carbocycles. The molecule has 0 aliphatic carbocycles. The van der Waals surface area contributed by atoms with E-state index in [-0.39, 0.29) is 17.9 Å². The van der Waals surface area contributed by atoms with Gasteiger partial charge in [0.2, 0.25) is 0 Å². The summed E-state index contributed by atoms with van der Waals surface area (Å²) in [5, 5.41) is 0. The molecule has 2 atom stereocenters. The number of aromatic nitrogens is 1. The number of nitrogens with zero attached hydrogens (tertiary/aromatic N) is 1. The number of ether oxygens (including phenoxy) is 1. The molecule has 1 fully saturated rings. The van der Waals surface area contributed by atoms with Crippen LogP contribution in [0.25, 0.3) is 0 Å². The minimum Gasteiger partial charge on any atom is -0.465 e. The number of likely N-dealkylation sites (tertiary alicyclic amines) is 1. The Morgan fingerprint density at radius 3 is 2.61 bits per heavy atom. The molecule has 0 unspecified atom stereocenters. The minimum atomic E-state index is -0.382. The van der Waals surface area contributed by atoms with Crippen molar-refractivity contribution in [3.05, 3.63) is 22.5 Å². The fourth-order valence-electron chi connectivity index (χ4n) is 3.47. The van der Waals surface area contributed by atoms with Gasteiger partial charge in [0.25, 0.3) is 5.91 Å². The number of aryl methyl sites for hydroxylation is 1. The van der Waals surface area contributed by atoms with Crippen molar-refractivity contribution in [1.82, 2.24) is 9.88 Å². The van der Waals surface area contributed by atoms with Crippen LogP contribution in [0.15, 0.2) is 0 Å². The van der Waals surface area contributed by atoms with Crippen LogP contribution in [-0.2, 0) is 11.2 Å². The van der Waals surface area contributed by atoms with Crippen LogP contribution in [0.2, 0.25) is 0 Å². The van der Waals surface area contributed by atoms with Gasteiger partial charge in [-0.2, -0.15) is 0 Å². The first-order chi connectivity index (χ1) is 10.9. The van der Waals surface area contributed by atoms with Crippen LogP contribution in [0.1, 0.15) is 72.1 Å². The van der Waals surface area contributed by atoms with Crippen molar-refractivity contribution in [2.75, 3.05) is 13.7 Å². The Balaban J connectivity index is 2.38. The summed E-state index contributed by atoms with van der Waals surface area (Å²) in [6, 6.07) is 0.224. The third-order valence-corrected chi connectivity index (χ3v) is 4.90. The zero-order valence-corrected chi connectivity index (χ0v) is 14.9. The van der Waals surface area contributed by atoms with Gasteiger partial charge in [-0.1, -0.05) is 20.3 Å². The summed E-state index contributed by atoms with van der Waals surface area (Å²) in [7, 11) is 1.37. The highest BCUT2D eigenvalue weighted by molar-refractivity contribution is 6.00. The van der Waals surface area contributed by atoms with Crippen LogP contribution >= 0.6 is 0 Å². The maximum Gasteiger partial charge on any atom is 0.339 e. The maximum absolute atomic E-state index is 13.1. The van der Waals surface area contributed by atoms with Crippen LogP contribution in [0, 0.1) is 12.8 Å². The van der Waals surface area contributed by atoms with Gasteiger partial charge in [0.05, 0.1) is 12.7 Å². The van der Waals surface area contributed by atoms with E-state index in [0.29, 0.717) is 29.2 Å². The Hall–Kier alpha value is -1.78. The Morgan fingerprint density at radius 1 is 1.30 bits per heavy atom. The molecule has 1 aliphatic rings. The Labute approximate surface area is 138 Å². The van der Waals surface area contributed by atoms with E-state index in [0.717, 1.165) is 31.5 Å². The summed E-state index contributed by atoms with van der Waals surface area (Å²) in [4.78, 5) is 30.2. The molecule has 0 radical (unpaired) electrons. The third-order valence-electron chi connectivity index (χ3n) is 4.90. The molecular formula is C18H28N2O3. The number of nitrogens with one attached hydrogen (secondary N) is 1. The second kappa shape index (κ2) is 7.20. The zero-order chi connectivity index (χ0) is 17.1. The molecule has 1 aromatic rings. The number of hydrogen-bond donors (Lipinski definition) is 1. The molecule has 128 valence electrons. The molecule has 5 nitrogen and oxygen atoms in total. The number of aromatic amines is 1. The smallest absolute Gasteiger partial charge is 0.339 e. The van der Waals surface area contributed by atoms with Crippen molar-refractivity contribution in [3.8, 4) is 0 Å². The highest BCUT2D eigenvalue weighted by Crippen LogP contribution is 2.26. The summed E-state index contributed by atoms with van der Waals surface area (Å²) in [5.74, 6) is 0.116. The molecule has 0 bridgehead atoms. The molecule has 2 rings (SSSR count). The predicted molar refractivity (Wildman–Crippen MR) is 89.8 cm³/mol. The van der Waals surface area contributed by atoms with E-state index >= 15 is 0 Å². The standard InChI is InChI=1S/C18H28N2O3/c1-6-14-15(18(22)23-5)13(4)16(19-14)17(21)20-10-11(2)8-7-9-12(20)3/h11-12,19H,6-10H2,1-5H3/t11-,12-/m1/s1. The maximum atomic E-state index is 13.1. The van der Waals surface area contributed by atoms with E-state index < -0.39 is 0 Å². The van der Waals surface area contributed by atoms with Gasteiger partial charge in [0.1, 0.15) is 5.69 Å². The quantitative estimate of drug-likeness (QED) is 0.869. The SMILES string of the molecule is CCc1[nH]c(C(=O)N2C[C@H](C)CCC[C@H]2C)c(C)c1C(=O)OC. The number of hydrogen-bond acceptors (Lipinski definition) is 3. The minimum absolute atomic E-state index is 0.00592. The Kier molecular flexibility index (Phi) is 5.50. The Bertz CT molecular complexity index is 591. The van der Waals surface area contributed by atoms with Crippen molar-refractivity contribution in [2.45, 2.75) is 59.4 Å². The molecule has 1 aromatic heterocycles. The molecule has 1 N–H and O–H groups in total. The predicted octanol–water partition coefficient (Wildman–Crippen LogP) is 3.32. The highest BCUT2D eigenvalue weighted by Gasteiger charge is 2.30. The molecule has 1 aliphatic heterocycles. The molecule has 2 heterocycles. The second-order valence-corrected chi connectivity index (χ2v) is 6.67. The average Bonchev–Trinajstić information content (AvgIpc) is 2.77. The van der Waals surface area contributed by atoms with Gasteiger partial charge in [-0.3, -0.25) is 4.79 Å². The van der Waals surface area contributed by atoms with Gasteiger partial charge < -0.3 is 14.6 Å². The monoisotopic (exact) mass is 320 g/mol. The van der Waals surface area contributed by atoms with E-state index in [2.05, 4.69) is 18.8 Å². The molecule has 0 aromatic carbocycles. The molecule has 0 spiro atoms. The van der Waals surface area contributed by atoms with Crippen molar-refractivity contribution in [1.29, 1.82) is 0 Å². The zero-order valence-electron chi connectivity index (χ0n) is 14.9. The lowest BCUT2D eigenvalue weighted by atomic mass is 10.1. The number of esters is 1. The molecular weight excluding hydrogens is 292 g/mol. The summed E-state index contributed by atoms with van der Waals surface area (Å²) in [5.41, 5.74) is 2.51. The second-order valence-electron chi connectivity index (χ2n) is 6.67. The van der Waals surface area contributed by atoms with Crippen LogP contribution in [0.5, 0.6) is 0 Å². The first-order valence-corrected chi connectivity index (χ1v) is 8.51. The first kappa shape index (κ1) is 17.6. The van der Waals surface area contributed by atoms with E-state index in [1.165, 1.54) is 7.11 Å². The fraction of sp³-hybridized carbons (Fsp3) is 0.667. The van der Waals surface area contributed by atoms with Gasteiger partial charge in [-0.25, -0.2) is 4.79 Å². The van der Waals surface area contributed by atoms with E-state index in [4.69, 9.17) is 4.74 Å². The molecule has 1 amide bonds. The highest BCUT2D eigenvalue weighted by atomic mass is 16.5.